The number of ether oxygens (including phenoxy) is 1. The summed E-state index contributed by atoms with van der Waals surface area (Å²) in [4.78, 5) is 11.3. The second-order valence-electron chi connectivity index (χ2n) is 4.18. The first kappa shape index (κ1) is 11.5. The number of aliphatic hydroxyl groups is 1. The van der Waals surface area contributed by atoms with E-state index in [1.807, 2.05) is 6.92 Å². The molecule has 82 valence electrons. The molecule has 0 amide bonds. The number of carbonyl (C=O) groups excluding carboxylic acids is 1. The van der Waals surface area contributed by atoms with Gasteiger partial charge in [-0.3, -0.25) is 4.79 Å². The Kier molecular flexibility index (Phi) is 4.39. The van der Waals surface area contributed by atoms with E-state index in [1.165, 1.54) is 6.42 Å². The first-order chi connectivity index (χ1) is 6.66. The van der Waals surface area contributed by atoms with Gasteiger partial charge >= 0.3 is 5.97 Å². The average Bonchev–Trinajstić information content (AvgIpc) is 2.15. The van der Waals surface area contributed by atoms with E-state index >= 15 is 0 Å². The van der Waals surface area contributed by atoms with Crippen LogP contribution in [0, 0.1) is 0 Å². The summed E-state index contributed by atoms with van der Waals surface area (Å²) in [6, 6.07) is 0. The molecule has 3 nitrogen and oxygen atoms in total. The normalized spacial score (nSPS) is 20.4. The van der Waals surface area contributed by atoms with Crippen LogP contribution in [-0.2, 0) is 9.53 Å². The topological polar surface area (TPSA) is 46.5 Å². The van der Waals surface area contributed by atoms with Crippen LogP contribution in [0.2, 0.25) is 0 Å². The summed E-state index contributed by atoms with van der Waals surface area (Å²) in [5.74, 6) is -0.253. The van der Waals surface area contributed by atoms with Gasteiger partial charge in [-0.1, -0.05) is 26.2 Å². The van der Waals surface area contributed by atoms with Crippen LogP contribution < -0.4 is 0 Å². The molecule has 1 aliphatic rings. The molecule has 0 aromatic carbocycles. The van der Waals surface area contributed by atoms with Crippen molar-refractivity contribution in [3.8, 4) is 0 Å². The molecule has 14 heavy (non-hydrogen) atoms. The molecule has 0 saturated heterocycles. The lowest BCUT2D eigenvalue weighted by atomic mass is 9.82. The number of hydrogen-bond donors (Lipinski definition) is 1. The van der Waals surface area contributed by atoms with E-state index in [2.05, 4.69) is 0 Å². The standard InChI is InChI=1S/C11H20O3/c1-2-8-14-10(12)9-11(13)6-4-3-5-7-11/h13H,2-9H2,1H3. The fraction of sp³-hybridized carbons (Fsp3) is 0.909. The van der Waals surface area contributed by atoms with Gasteiger partial charge in [-0.05, 0) is 19.3 Å². The largest absolute Gasteiger partial charge is 0.466 e. The summed E-state index contributed by atoms with van der Waals surface area (Å²) in [5.41, 5.74) is -0.775. The Morgan fingerprint density at radius 3 is 2.57 bits per heavy atom. The van der Waals surface area contributed by atoms with Crippen molar-refractivity contribution in [1.29, 1.82) is 0 Å². The van der Waals surface area contributed by atoms with Crippen molar-refractivity contribution >= 4 is 5.97 Å². The highest BCUT2D eigenvalue weighted by atomic mass is 16.5. The summed E-state index contributed by atoms with van der Waals surface area (Å²) in [7, 11) is 0. The molecule has 1 rings (SSSR count). The summed E-state index contributed by atoms with van der Waals surface area (Å²) in [5, 5.41) is 10.0. The number of hydrogen-bond acceptors (Lipinski definition) is 3. The molecule has 3 heteroatoms. The summed E-state index contributed by atoms with van der Waals surface area (Å²) in [6.45, 7) is 2.43. The third-order valence-corrected chi connectivity index (χ3v) is 2.72. The molecule has 1 fully saturated rings. The van der Waals surface area contributed by atoms with Crippen LogP contribution in [0.25, 0.3) is 0 Å². The summed E-state index contributed by atoms with van der Waals surface area (Å²) >= 11 is 0. The monoisotopic (exact) mass is 200 g/mol. The molecular weight excluding hydrogens is 180 g/mol. The van der Waals surface area contributed by atoms with Crippen molar-refractivity contribution < 1.29 is 14.6 Å². The van der Waals surface area contributed by atoms with Crippen LogP contribution in [0.5, 0.6) is 0 Å². The zero-order valence-electron chi connectivity index (χ0n) is 8.92. The van der Waals surface area contributed by atoms with Crippen molar-refractivity contribution in [2.24, 2.45) is 0 Å². The lowest BCUT2D eigenvalue weighted by Gasteiger charge is -2.30. The Bertz CT molecular complexity index is 183. The molecule has 0 aromatic rings. The molecule has 0 atom stereocenters. The van der Waals surface area contributed by atoms with Gasteiger partial charge in [-0.2, -0.15) is 0 Å². The molecule has 0 aromatic heterocycles. The lowest BCUT2D eigenvalue weighted by Crippen LogP contribution is -2.34. The highest BCUT2D eigenvalue weighted by Crippen LogP contribution is 2.30. The van der Waals surface area contributed by atoms with E-state index in [0.717, 1.165) is 32.1 Å². The maximum atomic E-state index is 11.3. The Hall–Kier alpha value is -0.570. The Morgan fingerprint density at radius 1 is 1.36 bits per heavy atom. The van der Waals surface area contributed by atoms with Crippen LogP contribution in [0.15, 0.2) is 0 Å². The fourth-order valence-corrected chi connectivity index (χ4v) is 1.92. The second-order valence-corrected chi connectivity index (χ2v) is 4.18. The third kappa shape index (κ3) is 3.66. The van der Waals surface area contributed by atoms with E-state index in [9.17, 15) is 9.90 Å². The quantitative estimate of drug-likeness (QED) is 0.706. The van der Waals surface area contributed by atoms with Gasteiger partial charge < -0.3 is 9.84 Å². The number of esters is 1. The van der Waals surface area contributed by atoms with Crippen LogP contribution in [0.1, 0.15) is 51.9 Å². The predicted octanol–water partition coefficient (Wildman–Crippen LogP) is 2.02. The first-order valence-electron chi connectivity index (χ1n) is 5.54. The zero-order valence-corrected chi connectivity index (χ0v) is 8.92. The molecule has 0 bridgehead atoms. The van der Waals surface area contributed by atoms with Gasteiger partial charge in [-0.25, -0.2) is 0 Å². The van der Waals surface area contributed by atoms with Gasteiger partial charge in [0.1, 0.15) is 0 Å². The van der Waals surface area contributed by atoms with Gasteiger partial charge in [0.15, 0.2) is 0 Å². The Morgan fingerprint density at radius 2 is 2.00 bits per heavy atom. The SMILES string of the molecule is CCCOC(=O)CC1(O)CCCCC1. The first-order valence-corrected chi connectivity index (χ1v) is 5.54. The van der Waals surface area contributed by atoms with Gasteiger partial charge in [0.25, 0.3) is 0 Å². The van der Waals surface area contributed by atoms with Crippen LogP contribution in [0.3, 0.4) is 0 Å². The zero-order chi connectivity index (χ0) is 10.4. The minimum atomic E-state index is -0.775. The molecule has 0 spiro atoms. The van der Waals surface area contributed by atoms with E-state index in [4.69, 9.17) is 4.74 Å². The van der Waals surface area contributed by atoms with Crippen molar-refractivity contribution in [2.45, 2.75) is 57.5 Å². The highest BCUT2D eigenvalue weighted by molar-refractivity contribution is 5.70. The highest BCUT2D eigenvalue weighted by Gasteiger charge is 2.32. The minimum Gasteiger partial charge on any atom is -0.466 e. The molecule has 1 saturated carbocycles. The van der Waals surface area contributed by atoms with Crippen molar-refractivity contribution in [3.63, 3.8) is 0 Å². The maximum absolute atomic E-state index is 11.3. The van der Waals surface area contributed by atoms with Gasteiger partial charge in [0.05, 0.1) is 18.6 Å². The molecule has 0 radical (unpaired) electrons. The summed E-state index contributed by atoms with van der Waals surface area (Å²) in [6.07, 6.45) is 5.72. The Labute approximate surface area is 85.5 Å². The fourth-order valence-electron chi connectivity index (χ4n) is 1.92. The molecule has 0 unspecified atom stereocenters. The minimum absolute atomic E-state index is 0.174. The van der Waals surface area contributed by atoms with E-state index in [1.54, 1.807) is 0 Å². The molecule has 0 aliphatic heterocycles. The lowest BCUT2D eigenvalue weighted by molar-refractivity contribution is -0.150. The van der Waals surface area contributed by atoms with Crippen LogP contribution in [0.4, 0.5) is 0 Å². The van der Waals surface area contributed by atoms with E-state index in [0.29, 0.717) is 6.61 Å². The smallest absolute Gasteiger partial charge is 0.308 e. The second kappa shape index (κ2) is 5.35. The number of rotatable bonds is 4. The molecular formula is C11H20O3. The van der Waals surface area contributed by atoms with Crippen LogP contribution in [-0.4, -0.2) is 23.3 Å². The van der Waals surface area contributed by atoms with E-state index in [-0.39, 0.29) is 12.4 Å². The summed E-state index contributed by atoms with van der Waals surface area (Å²) < 4.78 is 4.96. The number of carbonyl (C=O) groups is 1. The average molecular weight is 200 g/mol. The van der Waals surface area contributed by atoms with Crippen molar-refractivity contribution in [2.75, 3.05) is 6.61 Å². The van der Waals surface area contributed by atoms with E-state index < -0.39 is 5.60 Å². The maximum Gasteiger partial charge on any atom is 0.308 e. The third-order valence-electron chi connectivity index (χ3n) is 2.72. The van der Waals surface area contributed by atoms with Crippen LogP contribution >= 0.6 is 0 Å². The predicted molar refractivity (Wildman–Crippen MR) is 53.9 cm³/mol. The van der Waals surface area contributed by atoms with Gasteiger partial charge in [0, 0.05) is 0 Å². The molecule has 1 N–H and O–H groups in total. The molecule has 0 heterocycles. The Balaban J connectivity index is 2.29. The van der Waals surface area contributed by atoms with Crippen molar-refractivity contribution in [1.82, 2.24) is 0 Å². The van der Waals surface area contributed by atoms with Crippen molar-refractivity contribution in [3.05, 3.63) is 0 Å². The van der Waals surface area contributed by atoms with Gasteiger partial charge in [0.2, 0.25) is 0 Å². The van der Waals surface area contributed by atoms with Gasteiger partial charge in [-0.15, -0.1) is 0 Å². The molecule has 1 aliphatic carbocycles.